The van der Waals surface area contributed by atoms with Crippen LogP contribution >= 0.6 is 11.3 Å². The standard InChI is InChI=1S/C34H38N2O8S/c1-6-9-10-15-43-25-14-11-21(18-26(25)41-7-2)28-27(29(37)22-12-13-24-23(17-22)16-19(4)44-24)30(38)32(39)36(28)34-35-20(5)31(45-34)33(40)42-8-3/h11-14,17-19,28,37H,6-10,15-16H2,1-5H3/b29-27-. The van der Waals surface area contributed by atoms with Crippen LogP contribution in [0.5, 0.6) is 17.2 Å². The van der Waals surface area contributed by atoms with E-state index < -0.39 is 23.7 Å². The maximum Gasteiger partial charge on any atom is 0.350 e. The van der Waals surface area contributed by atoms with E-state index in [1.165, 1.54) is 4.90 Å². The highest BCUT2D eigenvalue weighted by atomic mass is 32.1. The summed E-state index contributed by atoms with van der Waals surface area (Å²) in [6.45, 7) is 10.3. The quantitative estimate of drug-likeness (QED) is 0.0777. The number of aliphatic hydroxyl groups is 1. The minimum absolute atomic E-state index is 0.00981. The second-order valence-corrected chi connectivity index (χ2v) is 11.9. The van der Waals surface area contributed by atoms with Crippen molar-refractivity contribution in [2.75, 3.05) is 24.7 Å². The molecule has 0 saturated carbocycles. The van der Waals surface area contributed by atoms with Crippen molar-refractivity contribution in [3.63, 3.8) is 0 Å². The molecule has 5 rings (SSSR count). The number of aryl methyl sites for hydroxylation is 1. The summed E-state index contributed by atoms with van der Waals surface area (Å²) in [4.78, 5) is 46.1. The van der Waals surface area contributed by atoms with Gasteiger partial charge >= 0.3 is 11.9 Å². The smallest absolute Gasteiger partial charge is 0.350 e. The molecule has 3 heterocycles. The van der Waals surface area contributed by atoms with Gasteiger partial charge in [-0.05, 0) is 75.6 Å². The van der Waals surface area contributed by atoms with E-state index in [2.05, 4.69) is 11.9 Å². The minimum atomic E-state index is -1.07. The molecule has 2 aliphatic rings. The molecule has 0 spiro atoms. The number of carbonyl (C=O) groups is 3. The van der Waals surface area contributed by atoms with Crippen LogP contribution in [0.2, 0.25) is 0 Å². The lowest BCUT2D eigenvalue weighted by molar-refractivity contribution is -0.132. The molecular weight excluding hydrogens is 596 g/mol. The van der Waals surface area contributed by atoms with E-state index in [-0.39, 0.29) is 34.1 Å². The lowest BCUT2D eigenvalue weighted by Crippen LogP contribution is -2.29. The molecule has 1 fully saturated rings. The summed E-state index contributed by atoms with van der Waals surface area (Å²) >= 11 is 0.959. The molecule has 2 atom stereocenters. The largest absolute Gasteiger partial charge is 0.507 e. The van der Waals surface area contributed by atoms with Crippen molar-refractivity contribution in [1.82, 2.24) is 4.98 Å². The van der Waals surface area contributed by atoms with Gasteiger partial charge in [0.2, 0.25) is 0 Å². The number of amides is 1. The fourth-order valence-electron chi connectivity index (χ4n) is 5.56. The number of benzene rings is 2. The third kappa shape index (κ3) is 6.40. The molecule has 10 nitrogen and oxygen atoms in total. The third-order valence-corrected chi connectivity index (χ3v) is 8.79. The topological polar surface area (TPSA) is 124 Å². The minimum Gasteiger partial charge on any atom is -0.507 e. The Labute approximate surface area is 266 Å². The Morgan fingerprint density at radius 1 is 1.07 bits per heavy atom. The summed E-state index contributed by atoms with van der Waals surface area (Å²) in [5.74, 6) is -0.923. The zero-order chi connectivity index (χ0) is 32.2. The Morgan fingerprint density at radius 3 is 2.60 bits per heavy atom. The van der Waals surface area contributed by atoms with Crippen LogP contribution in [-0.2, 0) is 20.7 Å². The molecule has 45 heavy (non-hydrogen) atoms. The van der Waals surface area contributed by atoms with Gasteiger partial charge in [-0.15, -0.1) is 0 Å². The first-order chi connectivity index (χ1) is 21.7. The summed E-state index contributed by atoms with van der Waals surface area (Å²) in [7, 11) is 0. The number of anilines is 1. The monoisotopic (exact) mass is 634 g/mol. The van der Waals surface area contributed by atoms with E-state index >= 15 is 0 Å². The average molecular weight is 635 g/mol. The number of carbonyl (C=O) groups excluding carboxylic acids is 3. The van der Waals surface area contributed by atoms with E-state index in [0.29, 0.717) is 48.0 Å². The second-order valence-electron chi connectivity index (χ2n) is 11.0. The molecule has 1 N–H and O–H groups in total. The molecule has 11 heteroatoms. The summed E-state index contributed by atoms with van der Waals surface area (Å²) < 4.78 is 22.9. The highest BCUT2D eigenvalue weighted by molar-refractivity contribution is 7.17. The van der Waals surface area contributed by atoms with Crippen molar-refractivity contribution in [3.8, 4) is 17.2 Å². The number of ketones is 1. The first-order valence-corrected chi connectivity index (χ1v) is 16.1. The van der Waals surface area contributed by atoms with Crippen LogP contribution in [0.25, 0.3) is 5.76 Å². The molecule has 0 bridgehead atoms. The van der Waals surface area contributed by atoms with Crippen molar-refractivity contribution in [2.45, 2.75) is 72.4 Å². The molecule has 1 aromatic heterocycles. The van der Waals surface area contributed by atoms with Crippen LogP contribution in [0.3, 0.4) is 0 Å². The predicted molar refractivity (Wildman–Crippen MR) is 170 cm³/mol. The first kappa shape index (κ1) is 32.0. The number of esters is 1. The van der Waals surface area contributed by atoms with Crippen molar-refractivity contribution >= 4 is 39.9 Å². The number of unbranched alkanes of at least 4 members (excludes halogenated alkanes) is 2. The number of aromatic nitrogens is 1. The van der Waals surface area contributed by atoms with Gasteiger partial charge in [-0.1, -0.05) is 37.2 Å². The lowest BCUT2D eigenvalue weighted by Gasteiger charge is -2.24. The van der Waals surface area contributed by atoms with Gasteiger partial charge in [0.15, 0.2) is 16.6 Å². The summed E-state index contributed by atoms with van der Waals surface area (Å²) in [6.07, 6.45) is 3.63. The van der Waals surface area contributed by atoms with E-state index in [0.717, 1.165) is 41.9 Å². The van der Waals surface area contributed by atoms with Gasteiger partial charge in [0.25, 0.3) is 5.78 Å². The second kappa shape index (κ2) is 13.7. The molecule has 0 aliphatic carbocycles. The van der Waals surface area contributed by atoms with Gasteiger partial charge in [-0.25, -0.2) is 9.78 Å². The van der Waals surface area contributed by atoms with Crippen molar-refractivity contribution < 1.29 is 38.4 Å². The summed E-state index contributed by atoms with van der Waals surface area (Å²) in [5.41, 5.74) is 2.06. The Kier molecular flexibility index (Phi) is 9.77. The van der Waals surface area contributed by atoms with Crippen LogP contribution in [0, 0.1) is 6.92 Å². The zero-order valence-electron chi connectivity index (χ0n) is 26.2. The highest BCUT2D eigenvalue weighted by Crippen LogP contribution is 2.46. The van der Waals surface area contributed by atoms with Crippen LogP contribution in [-0.4, -0.2) is 53.7 Å². The van der Waals surface area contributed by atoms with Gasteiger partial charge in [-0.2, -0.15) is 0 Å². The van der Waals surface area contributed by atoms with Gasteiger partial charge in [0.1, 0.15) is 22.5 Å². The molecule has 0 radical (unpaired) electrons. The number of thiazole rings is 1. The van der Waals surface area contributed by atoms with E-state index in [4.69, 9.17) is 18.9 Å². The van der Waals surface area contributed by atoms with Gasteiger partial charge < -0.3 is 24.1 Å². The summed E-state index contributed by atoms with van der Waals surface area (Å²) in [6, 6.07) is 9.36. The van der Waals surface area contributed by atoms with Crippen LogP contribution in [0.4, 0.5) is 5.13 Å². The van der Waals surface area contributed by atoms with Gasteiger partial charge in [-0.3, -0.25) is 14.5 Å². The number of Topliss-reactive ketones (excluding diaryl/α,β-unsaturated/α-hetero) is 1. The van der Waals surface area contributed by atoms with Crippen LogP contribution < -0.4 is 19.1 Å². The molecule has 238 valence electrons. The maximum atomic E-state index is 13.8. The normalized spacial score (nSPS) is 18.6. The number of ether oxygens (including phenoxy) is 4. The SMILES string of the molecule is CCCCCOc1ccc(C2/C(=C(/O)c3ccc4c(c3)CC(C)O4)C(=O)C(=O)N2c2nc(C)c(C(=O)OCC)s2)cc1OCC. The number of nitrogens with zero attached hydrogens (tertiary/aromatic N) is 2. The van der Waals surface area contributed by atoms with E-state index in [1.807, 2.05) is 13.8 Å². The predicted octanol–water partition coefficient (Wildman–Crippen LogP) is 6.55. The van der Waals surface area contributed by atoms with Gasteiger partial charge in [0, 0.05) is 12.0 Å². The van der Waals surface area contributed by atoms with E-state index in [9.17, 15) is 19.5 Å². The molecule has 2 unspecified atom stereocenters. The molecule has 2 aliphatic heterocycles. The average Bonchev–Trinajstić information content (AvgIpc) is 3.67. The summed E-state index contributed by atoms with van der Waals surface area (Å²) in [5, 5.41) is 11.8. The highest BCUT2D eigenvalue weighted by Gasteiger charge is 2.49. The lowest BCUT2D eigenvalue weighted by atomic mass is 9.94. The fourth-order valence-corrected chi connectivity index (χ4v) is 6.55. The Bertz CT molecular complexity index is 1640. The zero-order valence-corrected chi connectivity index (χ0v) is 27.0. The van der Waals surface area contributed by atoms with Crippen molar-refractivity contribution in [1.29, 1.82) is 0 Å². The molecule has 2 aromatic carbocycles. The van der Waals surface area contributed by atoms with Crippen molar-refractivity contribution in [2.24, 2.45) is 0 Å². The molecule has 3 aromatic rings. The Balaban J connectivity index is 1.65. The van der Waals surface area contributed by atoms with Crippen molar-refractivity contribution in [3.05, 3.63) is 69.2 Å². The van der Waals surface area contributed by atoms with E-state index in [1.54, 1.807) is 50.2 Å². The van der Waals surface area contributed by atoms with Gasteiger partial charge in [0.05, 0.1) is 37.1 Å². The van der Waals surface area contributed by atoms with Crippen LogP contribution in [0.1, 0.15) is 85.1 Å². The number of hydrogen-bond acceptors (Lipinski definition) is 10. The molecular formula is C34H38N2O8S. The molecule has 1 amide bonds. The molecule has 1 saturated heterocycles. The maximum absolute atomic E-state index is 13.8. The number of aliphatic hydroxyl groups excluding tert-OH is 1. The number of rotatable bonds is 12. The first-order valence-electron chi connectivity index (χ1n) is 15.3. The Morgan fingerprint density at radius 2 is 1.87 bits per heavy atom. The number of hydrogen-bond donors (Lipinski definition) is 1. The van der Waals surface area contributed by atoms with Crippen LogP contribution in [0.15, 0.2) is 42.0 Å². The fraction of sp³-hybridized carbons (Fsp3) is 0.412. The third-order valence-electron chi connectivity index (χ3n) is 7.65. The Hall–Kier alpha value is -4.38. The number of fused-ring (bicyclic) bond motifs is 1.